The molecule has 0 bridgehead atoms. The van der Waals surface area contributed by atoms with E-state index in [4.69, 9.17) is 26.9 Å². The van der Waals surface area contributed by atoms with Gasteiger partial charge in [-0.25, -0.2) is 10.8 Å². The molecular weight excluding hydrogens is 242 g/mol. The van der Waals surface area contributed by atoms with E-state index >= 15 is 0 Å². The number of anilines is 1. The minimum Gasteiger partial charge on any atom is -0.494 e. The van der Waals surface area contributed by atoms with Crippen molar-refractivity contribution >= 4 is 28.3 Å². The number of fused-ring (bicyclic) bond motifs is 1. The molecule has 0 fully saturated rings. The van der Waals surface area contributed by atoms with Gasteiger partial charge in [0.1, 0.15) is 22.8 Å². The number of hydrogen-bond donors (Lipinski definition) is 2. The van der Waals surface area contributed by atoms with Crippen molar-refractivity contribution in [2.75, 3.05) is 19.6 Å². The molecule has 0 aliphatic rings. The van der Waals surface area contributed by atoms with Crippen LogP contribution in [-0.2, 0) is 0 Å². The van der Waals surface area contributed by atoms with E-state index in [0.29, 0.717) is 27.9 Å². The number of nitrogens with one attached hydrogen (secondary N) is 1. The lowest BCUT2D eigenvalue weighted by atomic mass is 10.2. The van der Waals surface area contributed by atoms with Crippen molar-refractivity contribution in [3.8, 4) is 11.5 Å². The first-order chi connectivity index (χ1) is 8.21. The summed E-state index contributed by atoms with van der Waals surface area (Å²) in [6.45, 7) is 0. The summed E-state index contributed by atoms with van der Waals surface area (Å²) in [5.74, 6) is 7.00. The smallest absolute Gasteiger partial charge is 0.147 e. The van der Waals surface area contributed by atoms with Gasteiger partial charge >= 0.3 is 0 Å². The maximum Gasteiger partial charge on any atom is 0.147 e. The Hall–Kier alpha value is -1.72. The molecule has 0 aliphatic heterocycles. The van der Waals surface area contributed by atoms with E-state index in [0.717, 1.165) is 5.39 Å². The van der Waals surface area contributed by atoms with Crippen molar-refractivity contribution < 1.29 is 9.47 Å². The fourth-order valence-corrected chi connectivity index (χ4v) is 1.93. The van der Waals surface area contributed by atoms with Gasteiger partial charge in [-0.05, 0) is 12.1 Å². The molecule has 1 aromatic carbocycles. The van der Waals surface area contributed by atoms with Gasteiger partial charge in [0.05, 0.1) is 19.2 Å². The summed E-state index contributed by atoms with van der Waals surface area (Å²) in [6, 6.07) is 5.22. The molecule has 0 radical (unpaired) electrons. The van der Waals surface area contributed by atoms with Gasteiger partial charge < -0.3 is 14.9 Å². The molecule has 1 aromatic heterocycles. The number of pyridine rings is 1. The van der Waals surface area contributed by atoms with Crippen LogP contribution in [0.3, 0.4) is 0 Å². The topological polar surface area (TPSA) is 69.4 Å². The van der Waals surface area contributed by atoms with E-state index in [1.165, 1.54) is 0 Å². The van der Waals surface area contributed by atoms with Gasteiger partial charge in [0, 0.05) is 11.5 Å². The number of methoxy groups -OCH3 is 2. The molecule has 17 heavy (non-hydrogen) atoms. The predicted octanol–water partition coefficient (Wildman–Crippen LogP) is 2.19. The van der Waals surface area contributed by atoms with Gasteiger partial charge in [0.25, 0.3) is 0 Å². The molecular formula is C11H12ClN3O2. The SMILES string of the molecule is COc1c(Cl)cc(OC)c2nc(NN)ccc12. The molecule has 0 atom stereocenters. The second kappa shape index (κ2) is 4.65. The summed E-state index contributed by atoms with van der Waals surface area (Å²) in [5, 5.41) is 1.25. The maximum atomic E-state index is 6.09. The molecule has 0 aliphatic carbocycles. The van der Waals surface area contributed by atoms with E-state index in [-0.39, 0.29) is 0 Å². The highest BCUT2D eigenvalue weighted by Crippen LogP contribution is 2.38. The monoisotopic (exact) mass is 253 g/mol. The molecule has 90 valence electrons. The van der Waals surface area contributed by atoms with E-state index in [1.807, 2.05) is 6.07 Å². The number of nitrogen functional groups attached to an aromatic ring is 1. The zero-order valence-electron chi connectivity index (χ0n) is 9.45. The van der Waals surface area contributed by atoms with Crippen LogP contribution in [0.25, 0.3) is 10.9 Å². The summed E-state index contributed by atoms with van der Waals surface area (Å²) in [5.41, 5.74) is 3.12. The van der Waals surface area contributed by atoms with Crippen LogP contribution in [0.15, 0.2) is 18.2 Å². The highest BCUT2D eigenvalue weighted by atomic mass is 35.5. The number of hydrazine groups is 1. The van der Waals surface area contributed by atoms with Crippen molar-refractivity contribution in [3.63, 3.8) is 0 Å². The highest BCUT2D eigenvalue weighted by Gasteiger charge is 2.13. The molecule has 0 unspecified atom stereocenters. The Morgan fingerprint density at radius 3 is 2.65 bits per heavy atom. The van der Waals surface area contributed by atoms with E-state index in [2.05, 4.69) is 10.4 Å². The van der Waals surface area contributed by atoms with Crippen LogP contribution in [-0.4, -0.2) is 19.2 Å². The Balaban J connectivity index is 2.81. The molecule has 1 heterocycles. The van der Waals surface area contributed by atoms with E-state index in [9.17, 15) is 0 Å². The number of nitrogens with two attached hydrogens (primary N) is 1. The van der Waals surface area contributed by atoms with Crippen LogP contribution in [0.4, 0.5) is 5.82 Å². The molecule has 2 aromatic rings. The Labute approximate surface area is 103 Å². The van der Waals surface area contributed by atoms with Crippen LogP contribution in [0, 0.1) is 0 Å². The van der Waals surface area contributed by atoms with Gasteiger partial charge in [-0.1, -0.05) is 11.6 Å². The van der Waals surface area contributed by atoms with Gasteiger partial charge in [-0.2, -0.15) is 0 Å². The number of hydrogen-bond acceptors (Lipinski definition) is 5. The third kappa shape index (κ3) is 1.94. The number of aromatic nitrogens is 1. The second-order valence-electron chi connectivity index (χ2n) is 3.33. The van der Waals surface area contributed by atoms with Crippen LogP contribution in [0.1, 0.15) is 0 Å². The Morgan fingerprint density at radius 1 is 1.29 bits per heavy atom. The fourth-order valence-electron chi connectivity index (χ4n) is 1.65. The van der Waals surface area contributed by atoms with E-state index < -0.39 is 0 Å². The third-order valence-electron chi connectivity index (χ3n) is 2.42. The van der Waals surface area contributed by atoms with Crippen molar-refractivity contribution in [2.45, 2.75) is 0 Å². The summed E-state index contributed by atoms with van der Waals surface area (Å²) < 4.78 is 10.5. The molecule has 2 rings (SSSR count). The normalized spacial score (nSPS) is 10.4. The Bertz CT molecular complexity index is 560. The summed E-state index contributed by atoms with van der Waals surface area (Å²) >= 11 is 6.09. The van der Waals surface area contributed by atoms with Gasteiger partial charge in [-0.3, -0.25) is 0 Å². The first-order valence-corrected chi connectivity index (χ1v) is 5.27. The quantitative estimate of drug-likeness (QED) is 0.648. The van der Waals surface area contributed by atoms with Crippen LogP contribution in [0.2, 0.25) is 5.02 Å². The molecule has 0 spiro atoms. The molecule has 3 N–H and O–H groups in total. The zero-order valence-corrected chi connectivity index (χ0v) is 10.2. The lowest BCUT2D eigenvalue weighted by Gasteiger charge is -2.11. The third-order valence-corrected chi connectivity index (χ3v) is 2.70. The molecule has 0 saturated carbocycles. The standard InChI is InChI=1S/C11H12ClN3O2/c1-16-8-5-7(12)11(17-2)6-3-4-9(15-13)14-10(6)8/h3-5H,13H2,1-2H3,(H,14,15). The van der Waals surface area contributed by atoms with Crippen LogP contribution >= 0.6 is 11.6 Å². The maximum absolute atomic E-state index is 6.09. The predicted molar refractivity (Wildman–Crippen MR) is 67.7 cm³/mol. The average Bonchev–Trinajstić information content (AvgIpc) is 2.37. The molecule has 0 saturated heterocycles. The largest absolute Gasteiger partial charge is 0.494 e. The number of nitrogens with zero attached hydrogens (tertiary/aromatic N) is 1. The minimum atomic E-state index is 0.479. The Morgan fingerprint density at radius 2 is 2.06 bits per heavy atom. The van der Waals surface area contributed by atoms with Crippen molar-refractivity contribution in [3.05, 3.63) is 23.2 Å². The average molecular weight is 254 g/mol. The highest BCUT2D eigenvalue weighted by molar-refractivity contribution is 6.33. The van der Waals surface area contributed by atoms with Crippen molar-refractivity contribution in [1.82, 2.24) is 4.98 Å². The van der Waals surface area contributed by atoms with Crippen LogP contribution < -0.4 is 20.7 Å². The number of halogens is 1. The first kappa shape index (κ1) is 11.8. The number of rotatable bonds is 3. The van der Waals surface area contributed by atoms with Gasteiger partial charge in [0.2, 0.25) is 0 Å². The van der Waals surface area contributed by atoms with E-state index in [1.54, 1.807) is 26.4 Å². The zero-order chi connectivity index (χ0) is 12.4. The van der Waals surface area contributed by atoms with Gasteiger partial charge in [0.15, 0.2) is 0 Å². The molecule has 5 nitrogen and oxygen atoms in total. The lowest BCUT2D eigenvalue weighted by Crippen LogP contribution is -2.08. The number of ether oxygens (including phenoxy) is 2. The second-order valence-corrected chi connectivity index (χ2v) is 3.74. The summed E-state index contributed by atoms with van der Waals surface area (Å²) in [6.07, 6.45) is 0. The van der Waals surface area contributed by atoms with Gasteiger partial charge in [-0.15, -0.1) is 0 Å². The molecule has 0 amide bonds. The summed E-state index contributed by atoms with van der Waals surface area (Å²) in [7, 11) is 3.12. The minimum absolute atomic E-state index is 0.479. The summed E-state index contributed by atoms with van der Waals surface area (Å²) in [4.78, 5) is 4.31. The lowest BCUT2D eigenvalue weighted by molar-refractivity contribution is 0.410. The Kier molecular flexibility index (Phi) is 3.21. The number of benzene rings is 1. The fraction of sp³-hybridized carbons (Fsp3) is 0.182. The van der Waals surface area contributed by atoms with Crippen molar-refractivity contribution in [1.29, 1.82) is 0 Å². The molecule has 6 heteroatoms. The van der Waals surface area contributed by atoms with Crippen molar-refractivity contribution in [2.24, 2.45) is 5.84 Å². The van der Waals surface area contributed by atoms with Crippen LogP contribution in [0.5, 0.6) is 11.5 Å². The first-order valence-electron chi connectivity index (χ1n) is 4.89.